The summed E-state index contributed by atoms with van der Waals surface area (Å²) in [6.45, 7) is 13.6. The third-order valence-corrected chi connectivity index (χ3v) is 4.67. The molecule has 0 radical (unpaired) electrons. The summed E-state index contributed by atoms with van der Waals surface area (Å²) in [5.41, 5.74) is 6.53. The Bertz CT molecular complexity index is 928. The highest BCUT2D eigenvalue weighted by molar-refractivity contribution is 5.76. The van der Waals surface area contributed by atoms with Crippen molar-refractivity contribution in [3.63, 3.8) is 0 Å². The quantitative estimate of drug-likeness (QED) is 0.236. The number of rotatable bonds is 12. The number of carbonyl (C=O) groups is 4. The predicted molar refractivity (Wildman–Crippen MR) is 133 cm³/mol. The molecule has 0 bridgehead atoms. The minimum Gasteiger partial charge on any atom is -0.459 e. The average molecular weight is 526 g/mol. The lowest BCUT2D eigenvalue weighted by Gasteiger charge is -2.23. The molecule has 0 aliphatic heterocycles. The first kappa shape index (κ1) is 31.7. The van der Waals surface area contributed by atoms with Gasteiger partial charge in [0, 0.05) is 6.42 Å². The van der Waals surface area contributed by atoms with Gasteiger partial charge in [-0.3, -0.25) is 9.59 Å². The van der Waals surface area contributed by atoms with E-state index >= 15 is 0 Å². The smallest absolute Gasteiger partial charge is 0.459 e. The van der Waals surface area contributed by atoms with Crippen molar-refractivity contribution in [2.75, 3.05) is 0 Å². The van der Waals surface area contributed by atoms with Crippen LogP contribution in [0.5, 0.6) is 11.5 Å². The van der Waals surface area contributed by atoms with Crippen LogP contribution in [0, 0.1) is 5.92 Å². The van der Waals surface area contributed by atoms with Crippen LogP contribution < -0.4 is 15.2 Å². The summed E-state index contributed by atoms with van der Waals surface area (Å²) in [6.07, 6.45) is -3.96. The van der Waals surface area contributed by atoms with Crippen LogP contribution in [0.3, 0.4) is 0 Å². The van der Waals surface area contributed by atoms with E-state index in [-0.39, 0.29) is 36.2 Å². The number of nitrogens with two attached hydrogens (primary N) is 1. The largest absolute Gasteiger partial charge is 0.514 e. The summed E-state index contributed by atoms with van der Waals surface area (Å²) in [4.78, 5) is 48.4. The molecule has 0 saturated heterocycles. The maximum absolute atomic E-state index is 12.5. The molecule has 11 nitrogen and oxygen atoms in total. The van der Waals surface area contributed by atoms with Crippen LogP contribution in [0.15, 0.2) is 18.2 Å². The van der Waals surface area contributed by atoms with Crippen molar-refractivity contribution in [1.29, 1.82) is 0 Å². The molecule has 0 spiro atoms. The zero-order valence-electron chi connectivity index (χ0n) is 22.8. The van der Waals surface area contributed by atoms with Gasteiger partial charge < -0.3 is 34.2 Å². The van der Waals surface area contributed by atoms with Crippen LogP contribution in [0.25, 0.3) is 0 Å². The lowest BCUT2D eigenvalue weighted by atomic mass is 10.1. The molecule has 0 aliphatic rings. The molecule has 2 N–H and O–H groups in total. The first-order valence-corrected chi connectivity index (χ1v) is 12.2. The van der Waals surface area contributed by atoms with E-state index < -0.39 is 48.7 Å². The van der Waals surface area contributed by atoms with Gasteiger partial charge in [0.25, 0.3) is 0 Å². The van der Waals surface area contributed by atoms with Crippen molar-refractivity contribution in [2.24, 2.45) is 11.7 Å². The molecule has 1 rings (SSSR count). The van der Waals surface area contributed by atoms with Gasteiger partial charge in [0.05, 0.1) is 12.2 Å². The first-order chi connectivity index (χ1) is 17.2. The Morgan fingerprint density at radius 1 is 0.730 bits per heavy atom. The summed E-state index contributed by atoms with van der Waals surface area (Å²) in [6, 6.07) is 3.25. The molecule has 0 heterocycles. The van der Waals surface area contributed by atoms with Crippen molar-refractivity contribution < 1.29 is 47.6 Å². The van der Waals surface area contributed by atoms with Crippen LogP contribution in [0.4, 0.5) is 9.59 Å². The molecule has 0 amide bonds. The Labute approximate surface area is 217 Å². The highest BCUT2D eigenvalue weighted by Gasteiger charge is 2.25. The standard InChI is InChI=1S/C26H39NO10/c1-14(2)11-23(28)34-17(7)18(8)35-24(29)20(27)12-19-9-10-21(36-25(30)32-15(3)4)22(13-19)37-26(31)33-16(5)6/h9-10,13-18,20H,11-12,27H2,1-8H3/t17?,18-,20-/m0/s1. The second-order valence-electron chi connectivity index (χ2n) is 9.56. The minimum atomic E-state index is -1.07. The van der Waals surface area contributed by atoms with Crippen molar-refractivity contribution in [3.8, 4) is 11.5 Å². The summed E-state index contributed by atoms with van der Waals surface area (Å²) in [7, 11) is 0. The Morgan fingerprint density at radius 2 is 1.24 bits per heavy atom. The number of hydrogen-bond acceptors (Lipinski definition) is 11. The molecule has 0 aliphatic carbocycles. The van der Waals surface area contributed by atoms with Gasteiger partial charge in [-0.1, -0.05) is 19.9 Å². The Hall–Kier alpha value is -3.34. The predicted octanol–water partition coefficient (Wildman–Crippen LogP) is 4.31. The van der Waals surface area contributed by atoms with Gasteiger partial charge in [-0.15, -0.1) is 0 Å². The monoisotopic (exact) mass is 525 g/mol. The topological polar surface area (TPSA) is 150 Å². The van der Waals surface area contributed by atoms with E-state index in [4.69, 9.17) is 34.2 Å². The van der Waals surface area contributed by atoms with Gasteiger partial charge in [0.15, 0.2) is 11.5 Å². The average Bonchev–Trinajstić information content (AvgIpc) is 2.73. The van der Waals surface area contributed by atoms with Crippen LogP contribution in [0.1, 0.15) is 67.4 Å². The van der Waals surface area contributed by atoms with Gasteiger partial charge in [0.2, 0.25) is 0 Å². The molecule has 0 aromatic heterocycles. The van der Waals surface area contributed by atoms with E-state index in [0.29, 0.717) is 5.56 Å². The fraction of sp³-hybridized carbons (Fsp3) is 0.615. The van der Waals surface area contributed by atoms with E-state index in [9.17, 15) is 19.2 Å². The van der Waals surface area contributed by atoms with Gasteiger partial charge in [0.1, 0.15) is 18.2 Å². The molecule has 1 unspecified atom stereocenters. The summed E-state index contributed by atoms with van der Waals surface area (Å²) in [5.74, 6) is -1.15. The Morgan fingerprint density at radius 3 is 1.76 bits per heavy atom. The van der Waals surface area contributed by atoms with Crippen LogP contribution in [0.2, 0.25) is 0 Å². The van der Waals surface area contributed by atoms with E-state index in [0.717, 1.165) is 0 Å². The fourth-order valence-corrected chi connectivity index (χ4v) is 2.84. The zero-order valence-corrected chi connectivity index (χ0v) is 22.8. The van der Waals surface area contributed by atoms with Crippen LogP contribution in [-0.4, -0.2) is 54.7 Å². The van der Waals surface area contributed by atoms with Gasteiger partial charge in [-0.05, 0) is 71.6 Å². The Kier molecular flexibility index (Phi) is 12.9. The molecule has 1 aromatic carbocycles. The van der Waals surface area contributed by atoms with E-state index in [1.54, 1.807) is 47.6 Å². The molecule has 0 saturated carbocycles. The number of benzene rings is 1. The fourth-order valence-electron chi connectivity index (χ4n) is 2.84. The number of hydrogen-bond donors (Lipinski definition) is 1. The lowest BCUT2D eigenvalue weighted by molar-refractivity contribution is -0.166. The van der Waals surface area contributed by atoms with Gasteiger partial charge >= 0.3 is 24.2 Å². The highest BCUT2D eigenvalue weighted by Crippen LogP contribution is 2.30. The highest BCUT2D eigenvalue weighted by atomic mass is 16.7. The molecular weight excluding hydrogens is 486 g/mol. The molecule has 11 heteroatoms. The Balaban J connectivity index is 2.91. The van der Waals surface area contributed by atoms with Gasteiger partial charge in [-0.25, -0.2) is 9.59 Å². The molecule has 208 valence electrons. The number of ether oxygens (including phenoxy) is 6. The van der Waals surface area contributed by atoms with Crippen LogP contribution >= 0.6 is 0 Å². The number of carbonyl (C=O) groups excluding carboxylic acids is 4. The summed E-state index contributed by atoms with van der Waals surface area (Å²) in [5, 5.41) is 0. The van der Waals surface area contributed by atoms with E-state index in [1.165, 1.54) is 12.1 Å². The van der Waals surface area contributed by atoms with E-state index in [2.05, 4.69) is 0 Å². The minimum absolute atomic E-state index is 0.0133. The summed E-state index contributed by atoms with van der Waals surface area (Å²) >= 11 is 0. The molecule has 0 fully saturated rings. The second-order valence-corrected chi connectivity index (χ2v) is 9.56. The molecular formula is C26H39NO10. The number of esters is 2. The van der Waals surface area contributed by atoms with Crippen molar-refractivity contribution in [1.82, 2.24) is 0 Å². The van der Waals surface area contributed by atoms with Crippen molar-refractivity contribution in [3.05, 3.63) is 23.8 Å². The zero-order chi connectivity index (χ0) is 28.3. The molecule has 1 aromatic rings. The first-order valence-electron chi connectivity index (χ1n) is 12.2. The van der Waals surface area contributed by atoms with Gasteiger partial charge in [-0.2, -0.15) is 0 Å². The molecule has 37 heavy (non-hydrogen) atoms. The van der Waals surface area contributed by atoms with Crippen molar-refractivity contribution in [2.45, 2.75) is 98.7 Å². The maximum atomic E-state index is 12.5. The second kappa shape index (κ2) is 15.0. The maximum Gasteiger partial charge on any atom is 0.514 e. The summed E-state index contributed by atoms with van der Waals surface area (Å²) < 4.78 is 31.0. The molecule has 3 atom stereocenters. The van der Waals surface area contributed by atoms with Crippen LogP contribution in [-0.2, 0) is 35.0 Å². The third kappa shape index (κ3) is 12.4. The normalized spacial score (nSPS) is 13.5. The van der Waals surface area contributed by atoms with Crippen molar-refractivity contribution >= 4 is 24.2 Å². The SMILES string of the molecule is CC(C)CC(=O)OC(C)[C@H](C)OC(=O)[C@@H](N)Cc1ccc(OC(=O)OC(C)C)c(OC(=O)OC(C)C)c1. The van der Waals surface area contributed by atoms with E-state index in [1.807, 2.05) is 13.8 Å². The third-order valence-electron chi connectivity index (χ3n) is 4.67. The lowest BCUT2D eigenvalue weighted by Crippen LogP contribution is -2.39.